The zero-order chi connectivity index (χ0) is 18.7. The van der Waals surface area contributed by atoms with E-state index in [0.29, 0.717) is 5.01 Å². The molecule has 0 saturated heterocycles. The van der Waals surface area contributed by atoms with Gasteiger partial charge in [-0.05, 0) is 36.6 Å². The van der Waals surface area contributed by atoms with Crippen molar-refractivity contribution in [2.24, 2.45) is 0 Å². The Morgan fingerprint density at radius 3 is 2.81 bits per heavy atom. The molecule has 0 aliphatic carbocycles. The van der Waals surface area contributed by atoms with Crippen LogP contribution in [-0.4, -0.2) is 23.0 Å². The van der Waals surface area contributed by atoms with Crippen LogP contribution in [0.3, 0.4) is 0 Å². The van der Waals surface area contributed by atoms with Gasteiger partial charge >= 0.3 is 5.97 Å². The fraction of sp³-hybridized carbons (Fsp3) is 0.118. The highest BCUT2D eigenvalue weighted by molar-refractivity contribution is 7.20. The number of hydrogen-bond acceptors (Lipinski definition) is 6. The number of anilines is 1. The number of thiazole rings is 1. The van der Waals surface area contributed by atoms with Crippen molar-refractivity contribution in [3.05, 3.63) is 57.6 Å². The zero-order valence-electron chi connectivity index (χ0n) is 13.4. The number of amides is 1. The first-order valence-corrected chi connectivity index (χ1v) is 9.54. The lowest BCUT2D eigenvalue weighted by Gasteiger charge is -2.13. The van der Waals surface area contributed by atoms with E-state index in [0.717, 1.165) is 10.9 Å². The molecule has 1 atom stereocenters. The van der Waals surface area contributed by atoms with Crippen LogP contribution in [0.5, 0.6) is 0 Å². The normalized spacial score (nSPS) is 11.8. The number of halogens is 2. The maximum Gasteiger partial charge on any atom is 0.358 e. The second-order valence-electron chi connectivity index (χ2n) is 5.18. The lowest BCUT2D eigenvalue weighted by Crippen LogP contribution is -2.30. The Labute approximate surface area is 161 Å². The van der Waals surface area contributed by atoms with Crippen LogP contribution in [-0.2, 0) is 9.53 Å². The topological polar surface area (TPSA) is 68.3 Å². The van der Waals surface area contributed by atoms with Crippen molar-refractivity contribution in [1.29, 1.82) is 0 Å². The number of rotatable bonds is 5. The Morgan fingerprint density at radius 2 is 2.12 bits per heavy atom. The van der Waals surface area contributed by atoms with Gasteiger partial charge in [0.15, 0.2) is 11.8 Å². The van der Waals surface area contributed by atoms with Crippen molar-refractivity contribution in [2.45, 2.75) is 13.0 Å². The Morgan fingerprint density at radius 1 is 1.31 bits per heavy atom. The molecule has 134 valence electrons. The molecule has 9 heteroatoms. The molecule has 0 unspecified atom stereocenters. The molecule has 1 N–H and O–H groups in total. The highest BCUT2D eigenvalue weighted by Crippen LogP contribution is 2.28. The number of hydrogen-bond donors (Lipinski definition) is 1. The molecule has 0 saturated carbocycles. The molecule has 1 aromatic carbocycles. The predicted molar refractivity (Wildman–Crippen MR) is 100 cm³/mol. The van der Waals surface area contributed by atoms with Gasteiger partial charge in [0.1, 0.15) is 10.8 Å². The Balaban J connectivity index is 1.62. The maximum absolute atomic E-state index is 13.7. The summed E-state index contributed by atoms with van der Waals surface area (Å²) in [6, 6.07) is 7.64. The van der Waals surface area contributed by atoms with Crippen molar-refractivity contribution in [2.75, 3.05) is 5.32 Å². The van der Waals surface area contributed by atoms with Gasteiger partial charge in [0, 0.05) is 10.4 Å². The van der Waals surface area contributed by atoms with Gasteiger partial charge in [0.2, 0.25) is 0 Å². The molecule has 2 aromatic heterocycles. The summed E-state index contributed by atoms with van der Waals surface area (Å²) in [7, 11) is 0. The number of nitrogens with zero attached hydrogens (tertiary/aromatic N) is 1. The van der Waals surface area contributed by atoms with Crippen LogP contribution in [0.4, 0.5) is 10.1 Å². The lowest BCUT2D eigenvalue weighted by atomic mass is 10.3. The van der Waals surface area contributed by atoms with Crippen LogP contribution in [0.15, 0.2) is 41.1 Å². The summed E-state index contributed by atoms with van der Waals surface area (Å²) in [6.07, 6.45) is -1.12. The minimum absolute atomic E-state index is 0.0454. The number of thiophene rings is 1. The van der Waals surface area contributed by atoms with E-state index < -0.39 is 23.8 Å². The minimum atomic E-state index is -1.12. The van der Waals surface area contributed by atoms with Crippen LogP contribution in [0.25, 0.3) is 9.88 Å². The van der Waals surface area contributed by atoms with E-state index in [4.69, 9.17) is 16.3 Å². The van der Waals surface area contributed by atoms with Crippen LogP contribution in [0.1, 0.15) is 17.4 Å². The third-order valence-electron chi connectivity index (χ3n) is 3.29. The van der Waals surface area contributed by atoms with E-state index in [1.807, 2.05) is 17.5 Å². The van der Waals surface area contributed by atoms with Crippen LogP contribution < -0.4 is 5.32 Å². The molecular formula is C17H12ClFN2O3S2. The second kappa shape index (κ2) is 7.94. The van der Waals surface area contributed by atoms with Crippen molar-refractivity contribution in [3.8, 4) is 9.88 Å². The first-order valence-electron chi connectivity index (χ1n) is 7.40. The molecule has 3 rings (SSSR count). The number of esters is 1. The van der Waals surface area contributed by atoms with E-state index in [2.05, 4.69) is 10.3 Å². The molecule has 5 nitrogen and oxygen atoms in total. The van der Waals surface area contributed by atoms with Gasteiger partial charge in [-0.15, -0.1) is 22.7 Å². The summed E-state index contributed by atoms with van der Waals surface area (Å²) in [6.45, 7) is 1.40. The summed E-state index contributed by atoms with van der Waals surface area (Å²) < 4.78 is 18.8. The zero-order valence-corrected chi connectivity index (χ0v) is 15.8. The Bertz CT molecular complexity index is 943. The van der Waals surface area contributed by atoms with E-state index in [1.165, 1.54) is 41.7 Å². The molecule has 0 aliphatic rings. The van der Waals surface area contributed by atoms with Crippen LogP contribution in [0, 0.1) is 5.82 Å². The molecule has 2 heterocycles. The minimum Gasteiger partial charge on any atom is -0.448 e. The number of benzene rings is 1. The average molecular weight is 411 g/mol. The summed E-state index contributed by atoms with van der Waals surface area (Å²) in [4.78, 5) is 29.4. The standard InChI is InChI=1S/C17H12ClFN2O3S2/c1-9(15(22)20-12-5-4-10(18)7-11(12)19)24-17(23)13-8-26-16(21-13)14-3-2-6-25-14/h2-9H,1H3,(H,20,22)/t9-/m0/s1. The highest BCUT2D eigenvalue weighted by Gasteiger charge is 2.22. The Kier molecular flexibility index (Phi) is 5.65. The Hall–Kier alpha value is -2.29. The van der Waals surface area contributed by atoms with Crippen molar-refractivity contribution in [1.82, 2.24) is 4.98 Å². The average Bonchev–Trinajstić information content (AvgIpc) is 3.28. The quantitative estimate of drug-likeness (QED) is 0.610. The fourth-order valence-electron chi connectivity index (χ4n) is 1.98. The maximum atomic E-state index is 13.7. The second-order valence-corrected chi connectivity index (χ2v) is 7.42. The molecule has 1 amide bonds. The highest BCUT2D eigenvalue weighted by atomic mass is 35.5. The summed E-state index contributed by atoms with van der Waals surface area (Å²) in [5.74, 6) is -2.05. The first-order chi connectivity index (χ1) is 12.4. The molecule has 0 spiro atoms. The molecule has 26 heavy (non-hydrogen) atoms. The molecule has 0 fully saturated rings. The van der Waals surface area contributed by atoms with E-state index in [-0.39, 0.29) is 16.4 Å². The summed E-state index contributed by atoms with van der Waals surface area (Å²) in [5.41, 5.74) is 0.0756. The van der Waals surface area contributed by atoms with E-state index in [9.17, 15) is 14.0 Å². The van der Waals surface area contributed by atoms with E-state index in [1.54, 1.807) is 5.38 Å². The molecular weight excluding hydrogens is 399 g/mol. The third kappa shape index (κ3) is 4.27. The van der Waals surface area contributed by atoms with Gasteiger partial charge in [-0.1, -0.05) is 17.7 Å². The van der Waals surface area contributed by atoms with Crippen molar-refractivity contribution in [3.63, 3.8) is 0 Å². The summed E-state index contributed by atoms with van der Waals surface area (Å²) >= 11 is 8.49. The van der Waals surface area contributed by atoms with Gasteiger partial charge in [0.25, 0.3) is 5.91 Å². The van der Waals surface area contributed by atoms with Crippen molar-refractivity contribution < 1.29 is 18.7 Å². The lowest BCUT2D eigenvalue weighted by molar-refractivity contribution is -0.123. The van der Waals surface area contributed by atoms with Gasteiger partial charge in [0.05, 0.1) is 10.6 Å². The monoisotopic (exact) mass is 410 g/mol. The van der Waals surface area contributed by atoms with Crippen LogP contribution >= 0.6 is 34.3 Å². The fourth-order valence-corrected chi connectivity index (χ4v) is 3.74. The van der Waals surface area contributed by atoms with Gasteiger partial charge in [-0.25, -0.2) is 14.2 Å². The predicted octanol–water partition coefficient (Wildman–Crippen LogP) is 4.85. The number of nitrogens with one attached hydrogen (secondary N) is 1. The number of carbonyl (C=O) groups is 2. The third-order valence-corrected chi connectivity index (χ3v) is 5.40. The molecule has 0 bridgehead atoms. The molecule has 0 radical (unpaired) electrons. The van der Waals surface area contributed by atoms with Gasteiger partial charge < -0.3 is 10.1 Å². The van der Waals surface area contributed by atoms with Crippen LogP contribution in [0.2, 0.25) is 5.02 Å². The smallest absolute Gasteiger partial charge is 0.358 e. The summed E-state index contributed by atoms with van der Waals surface area (Å²) in [5, 5.41) is 6.75. The number of aromatic nitrogens is 1. The molecule has 3 aromatic rings. The number of ether oxygens (including phenoxy) is 1. The SMILES string of the molecule is C[C@H](OC(=O)c1csc(-c2cccs2)n1)C(=O)Nc1ccc(Cl)cc1F. The molecule has 0 aliphatic heterocycles. The number of carbonyl (C=O) groups excluding carboxylic acids is 2. The first kappa shape index (κ1) is 18.5. The largest absolute Gasteiger partial charge is 0.448 e. The van der Waals surface area contributed by atoms with E-state index >= 15 is 0 Å². The van der Waals surface area contributed by atoms with Gasteiger partial charge in [-0.2, -0.15) is 0 Å². The van der Waals surface area contributed by atoms with Gasteiger partial charge in [-0.3, -0.25) is 4.79 Å². The van der Waals surface area contributed by atoms with Crippen molar-refractivity contribution >= 4 is 51.8 Å².